The van der Waals surface area contributed by atoms with Crippen molar-refractivity contribution in [2.45, 2.75) is 52.4 Å². The van der Waals surface area contributed by atoms with Crippen molar-refractivity contribution in [1.82, 2.24) is 0 Å². The topological polar surface area (TPSA) is 0 Å². The molecular weight excluding hydrogens is 176 g/mol. The molecule has 13 heavy (non-hydrogen) atoms. The molecule has 1 aliphatic carbocycles. The van der Waals surface area contributed by atoms with Crippen LogP contribution >= 0.6 is 11.3 Å². The summed E-state index contributed by atoms with van der Waals surface area (Å²) in [7, 11) is 0. The molecule has 0 amide bonds. The predicted molar refractivity (Wildman–Crippen MR) is 59.8 cm³/mol. The predicted octanol–water partition coefficient (Wildman–Crippen LogP) is 3.98. The van der Waals surface area contributed by atoms with Gasteiger partial charge in [0.2, 0.25) is 0 Å². The molecule has 0 bridgehead atoms. The SMILES string of the molecule is Cc1sc(C)c2c1CCCC2(C)C. The van der Waals surface area contributed by atoms with Crippen LogP contribution in [-0.4, -0.2) is 0 Å². The highest BCUT2D eigenvalue weighted by Gasteiger charge is 2.31. The van der Waals surface area contributed by atoms with Gasteiger partial charge in [0.15, 0.2) is 0 Å². The Kier molecular flexibility index (Phi) is 2.03. The van der Waals surface area contributed by atoms with E-state index in [9.17, 15) is 0 Å². The van der Waals surface area contributed by atoms with Crippen LogP contribution in [0.1, 0.15) is 47.6 Å². The number of fused-ring (bicyclic) bond motifs is 1. The third-order valence-electron chi connectivity index (χ3n) is 3.29. The molecule has 0 radical (unpaired) electrons. The third-order valence-corrected chi connectivity index (χ3v) is 4.35. The van der Waals surface area contributed by atoms with E-state index >= 15 is 0 Å². The second-order valence-corrected chi connectivity index (χ2v) is 6.23. The lowest BCUT2D eigenvalue weighted by Crippen LogP contribution is -2.23. The molecular formula is C12H18S. The zero-order valence-electron chi connectivity index (χ0n) is 9.03. The lowest BCUT2D eigenvalue weighted by atomic mass is 9.73. The van der Waals surface area contributed by atoms with E-state index < -0.39 is 0 Å². The maximum absolute atomic E-state index is 2.39. The molecule has 0 unspecified atom stereocenters. The summed E-state index contributed by atoms with van der Waals surface area (Å²) < 4.78 is 0. The number of thiophene rings is 1. The fraction of sp³-hybridized carbons (Fsp3) is 0.667. The van der Waals surface area contributed by atoms with Crippen molar-refractivity contribution in [2.75, 3.05) is 0 Å². The zero-order chi connectivity index (χ0) is 9.64. The van der Waals surface area contributed by atoms with Gasteiger partial charge in [-0.1, -0.05) is 13.8 Å². The van der Waals surface area contributed by atoms with Crippen LogP contribution in [0.2, 0.25) is 0 Å². The summed E-state index contributed by atoms with van der Waals surface area (Å²) in [6.07, 6.45) is 4.04. The number of hydrogen-bond acceptors (Lipinski definition) is 1. The molecule has 72 valence electrons. The maximum atomic E-state index is 2.39. The Morgan fingerprint density at radius 2 is 1.85 bits per heavy atom. The normalized spacial score (nSPS) is 20.0. The Morgan fingerprint density at radius 1 is 1.15 bits per heavy atom. The fourth-order valence-electron chi connectivity index (χ4n) is 2.75. The van der Waals surface area contributed by atoms with Gasteiger partial charge in [0.1, 0.15) is 0 Å². The first kappa shape index (κ1) is 9.26. The number of aryl methyl sites for hydroxylation is 2. The summed E-state index contributed by atoms with van der Waals surface area (Å²) in [6, 6.07) is 0. The van der Waals surface area contributed by atoms with E-state index in [1.54, 1.807) is 20.9 Å². The molecule has 1 aromatic rings. The second-order valence-electron chi connectivity index (χ2n) is 4.81. The maximum Gasteiger partial charge on any atom is 0.00573 e. The Hall–Kier alpha value is -0.300. The van der Waals surface area contributed by atoms with E-state index in [-0.39, 0.29) is 0 Å². The lowest BCUT2D eigenvalue weighted by Gasteiger charge is -2.31. The van der Waals surface area contributed by atoms with E-state index in [0.717, 1.165) is 0 Å². The quantitative estimate of drug-likeness (QED) is 0.586. The largest absolute Gasteiger partial charge is 0.145 e. The van der Waals surface area contributed by atoms with Crippen LogP contribution in [0.4, 0.5) is 0 Å². The minimum atomic E-state index is 0.433. The molecule has 0 aliphatic heterocycles. The summed E-state index contributed by atoms with van der Waals surface area (Å²) >= 11 is 1.99. The van der Waals surface area contributed by atoms with Gasteiger partial charge in [-0.3, -0.25) is 0 Å². The molecule has 2 rings (SSSR count). The average Bonchev–Trinajstić information content (AvgIpc) is 2.27. The molecule has 1 aliphatic rings. The van der Waals surface area contributed by atoms with E-state index in [2.05, 4.69) is 27.7 Å². The van der Waals surface area contributed by atoms with Crippen molar-refractivity contribution in [3.05, 3.63) is 20.9 Å². The van der Waals surface area contributed by atoms with Gasteiger partial charge in [-0.2, -0.15) is 0 Å². The van der Waals surface area contributed by atoms with Crippen molar-refractivity contribution in [2.24, 2.45) is 0 Å². The molecule has 0 atom stereocenters. The summed E-state index contributed by atoms with van der Waals surface area (Å²) in [6.45, 7) is 9.34. The van der Waals surface area contributed by atoms with E-state index in [1.807, 2.05) is 11.3 Å². The fourth-order valence-corrected chi connectivity index (χ4v) is 4.04. The lowest BCUT2D eigenvalue weighted by molar-refractivity contribution is 0.431. The molecule has 0 spiro atoms. The summed E-state index contributed by atoms with van der Waals surface area (Å²) in [4.78, 5) is 3.11. The van der Waals surface area contributed by atoms with Crippen molar-refractivity contribution in [3.63, 3.8) is 0 Å². The van der Waals surface area contributed by atoms with Crippen molar-refractivity contribution in [1.29, 1.82) is 0 Å². The van der Waals surface area contributed by atoms with Crippen molar-refractivity contribution >= 4 is 11.3 Å². The summed E-state index contributed by atoms with van der Waals surface area (Å²) in [5, 5.41) is 0. The van der Waals surface area contributed by atoms with Crippen molar-refractivity contribution in [3.8, 4) is 0 Å². The Bertz CT molecular complexity index is 331. The molecule has 0 saturated carbocycles. The second kappa shape index (κ2) is 2.84. The van der Waals surface area contributed by atoms with Crippen LogP contribution in [-0.2, 0) is 11.8 Å². The first-order chi connectivity index (χ1) is 6.02. The van der Waals surface area contributed by atoms with Crippen LogP contribution in [0.5, 0.6) is 0 Å². The van der Waals surface area contributed by atoms with Crippen LogP contribution in [0.3, 0.4) is 0 Å². The van der Waals surface area contributed by atoms with Gasteiger partial charge in [0.05, 0.1) is 0 Å². The monoisotopic (exact) mass is 194 g/mol. The van der Waals surface area contributed by atoms with Crippen LogP contribution in [0.15, 0.2) is 0 Å². The first-order valence-electron chi connectivity index (χ1n) is 5.12. The Morgan fingerprint density at radius 3 is 2.46 bits per heavy atom. The molecule has 1 aromatic heterocycles. The first-order valence-corrected chi connectivity index (χ1v) is 5.93. The van der Waals surface area contributed by atoms with Crippen molar-refractivity contribution < 1.29 is 0 Å². The number of rotatable bonds is 0. The molecule has 0 aromatic carbocycles. The van der Waals surface area contributed by atoms with Gasteiger partial charge in [-0.05, 0) is 49.7 Å². The van der Waals surface area contributed by atoms with E-state index in [4.69, 9.17) is 0 Å². The van der Waals surface area contributed by atoms with E-state index in [0.29, 0.717) is 5.41 Å². The minimum Gasteiger partial charge on any atom is -0.145 e. The third kappa shape index (κ3) is 1.34. The average molecular weight is 194 g/mol. The molecule has 0 nitrogen and oxygen atoms in total. The summed E-state index contributed by atoms with van der Waals surface area (Å²) in [5.74, 6) is 0. The molecule has 1 heteroatoms. The van der Waals surface area contributed by atoms with Crippen LogP contribution in [0.25, 0.3) is 0 Å². The summed E-state index contributed by atoms with van der Waals surface area (Å²) in [5.41, 5.74) is 3.77. The molecule has 0 N–H and O–H groups in total. The highest BCUT2D eigenvalue weighted by Crippen LogP contribution is 2.43. The highest BCUT2D eigenvalue weighted by molar-refractivity contribution is 7.12. The van der Waals surface area contributed by atoms with Gasteiger partial charge < -0.3 is 0 Å². The van der Waals surface area contributed by atoms with Crippen LogP contribution in [0, 0.1) is 13.8 Å². The zero-order valence-corrected chi connectivity index (χ0v) is 9.85. The van der Waals surface area contributed by atoms with Gasteiger partial charge in [0, 0.05) is 9.75 Å². The highest BCUT2D eigenvalue weighted by atomic mass is 32.1. The Labute approximate surface area is 85.0 Å². The van der Waals surface area contributed by atoms with Crippen LogP contribution < -0.4 is 0 Å². The molecule has 0 saturated heterocycles. The van der Waals surface area contributed by atoms with E-state index in [1.165, 1.54) is 19.3 Å². The Balaban J connectivity index is 2.62. The minimum absolute atomic E-state index is 0.433. The van der Waals surface area contributed by atoms with Gasteiger partial charge in [-0.25, -0.2) is 0 Å². The smallest absolute Gasteiger partial charge is 0.00573 e. The molecule has 0 fully saturated rings. The standard InChI is InChI=1S/C12H18S/c1-8-10-6-5-7-12(3,4)11(10)9(2)13-8/h5-7H2,1-4H3. The van der Waals surface area contributed by atoms with Gasteiger partial charge in [-0.15, -0.1) is 11.3 Å². The van der Waals surface area contributed by atoms with Gasteiger partial charge >= 0.3 is 0 Å². The molecule has 1 heterocycles. The van der Waals surface area contributed by atoms with Gasteiger partial charge in [0.25, 0.3) is 0 Å². The number of hydrogen-bond donors (Lipinski definition) is 0.